The molecule has 1 amide bonds. The fourth-order valence-corrected chi connectivity index (χ4v) is 3.68. The molecular weight excluding hydrogens is 357 g/mol. The molecule has 9 heteroatoms. The normalized spacial score (nSPS) is 20.2. The number of thioether (sulfide) groups is 1. The number of hydrogen-bond acceptors (Lipinski definition) is 5. The van der Waals surface area contributed by atoms with E-state index in [4.69, 9.17) is 9.47 Å². The maximum atomic E-state index is 12.5. The van der Waals surface area contributed by atoms with Gasteiger partial charge in [-0.1, -0.05) is 11.8 Å². The number of hydrogen-bond donors (Lipinski definition) is 0. The van der Waals surface area contributed by atoms with Crippen LogP contribution < -0.4 is 0 Å². The molecule has 2 aliphatic rings. The molecule has 0 bridgehead atoms. The third kappa shape index (κ3) is 4.86. The van der Waals surface area contributed by atoms with Gasteiger partial charge in [0.15, 0.2) is 6.29 Å². The molecule has 25 heavy (non-hydrogen) atoms. The van der Waals surface area contributed by atoms with Crippen LogP contribution in [0.15, 0.2) is 23.4 Å². The zero-order chi connectivity index (χ0) is 17.9. The van der Waals surface area contributed by atoms with E-state index in [1.807, 2.05) is 0 Å². The van der Waals surface area contributed by atoms with Crippen molar-refractivity contribution in [2.45, 2.75) is 30.3 Å². The predicted octanol–water partition coefficient (Wildman–Crippen LogP) is 2.80. The SMILES string of the molecule is O=C(CSc1ccc(C(F)(F)F)cn1)N1CCC(C2OCCO2)CC1. The van der Waals surface area contributed by atoms with E-state index >= 15 is 0 Å². The van der Waals surface area contributed by atoms with Gasteiger partial charge in [-0.3, -0.25) is 4.79 Å². The van der Waals surface area contributed by atoms with Crippen LogP contribution in [0.4, 0.5) is 13.2 Å². The molecule has 1 aromatic rings. The predicted molar refractivity (Wildman–Crippen MR) is 85.0 cm³/mol. The lowest BCUT2D eigenvalue weighted by Gasteiger charge is -2.33. The van der Waals surface area contributed by atoms with Crippen molar-refractivity contribution in [2.24, 2.45) is 5.92 Å². The van der Waals surface area contributed by atoms with Crippen LogP contribution >= 0.6 is 11.8 Å². The number of alkyl halides is 3. The number of rotatable bonds is 4. The Hall–Kier alpha value is -1.32. The van der Waals surface area contributed by atoms with E-state index in [1.54, 1.807) is 4.90 Å². The lowest BCUT2D eigenvalue weighted by Crippen LogP contribution is -2.42. The van der Waals surface area contributed by atoms with Gasteiger partial charge in [0.25, 0.3) is 0 Å². The standard InChI is InChI=1S/C16H19F3N2O3S/c17-16(18,19)12-1-2-13(20-9-12)25-10-14(22)21-5-3-11(4-6-21)15-23-7-8-24-15/h1-2,9,11,15H,3-8,10H2. The molecule has 1 aromatic heterocycles. The van der Waals surface area contributed by atoms with E-state index in [9.17, 15) is 18.0 Å². The fourth-order valence-electron chi connectivity index (χ4n) is 2.93. The van der Waals surface area contributed by atoms with Crippen molar-refractivity contribution in [3.05, 3.63) is 23.9 Å². The summed E-state index contributed by atoms with van der Waals surface area (Å²) in [5, 5.41) is 0.406. The molecule has 3 rings (SSSR count). The Labute approximate surface area is 147 Å². The molecule has 0 radical (unpaired) electrons. The minimum Gasteiger partial charge on any atom is -0.350 e. The van der Waals surface area contributed by atoms with Crippen molar-refractivity contribution in [2.75, 3.05) is 32.1 Å². The Balaban J connectivity index is 1.43. The highest BCUT2D eigenvalue weighted by Gasteiger charge is 2.32. The number of piperidine rings is 1. The molecule has 138 valence electrons. The smallest absolute Gasteiger partial charge is 0.350 e. The lowest BCUT2D eigenvalue weighted by molar-refractivity contribution is -0.138. The average Bonchev–Trinajstić information content (AvgIpc) is 3.14. The molecule has 0 unspecified atom stereocenters. The summed E-state index contributed by atoms with van der Waals surface area (Å²) in [6.07, 6.45) is -2.09. The molecule has 0 atom stereocenters. The van der Waals surface area contributed by atoms with Crippen LogP contribution in [0.2, 0.25) is 0 Å². The lowest BCUT2D eigenvalue weighted by atomic mass is 9.96. The summed E-state index contributed by atoms with van der Waals surface area (Å²) < 4.78 is 48.5. The van der Waals surface area contributed by atoms with Crippen molar-refractivity contribution in [1.29, 1.82) is 0 Å². The van der Waals surface area contributed by atoms with Crippen LogP contribution in [0.5, 0.6) is 0 Å². The molecule has 0 saturated carbocycles. The van der Waals surface area contributed by atoms with Gasteiger partial charge < -0.3 is 14.4 Å². The first-order valence-electron chi connectivity index (χ1n) is 8.10. The number of nitrogens with zero attached hydrogens (tertiary/aromatic N) is 2. The van der Waals surface area contributed by atoms with Crippen LogP contribution in [0.25, 0.3) is 0 Å². The first kappa shape index (κ1) is 18.5. The van der Waals surface area contributed by atoms with Crippen molar-refractivity contribution >= 4 is 17.7 Å². The minimum absolute atomic E-state index is 0.0293. The van der Waals surface area contributed by atoms with E-state index in [0.717, 1.165) is 36.9 Å². The fraction of sp³-hybridized carbons (Fsp3) is 0.625. The molecule has 2 saturated heterocycles. The second-order valence-corrected chi connectivity index (χ2v) is 7.00. The third-order valence-corrected chi connectivity index (χ3v) is 5.26. The first-order valence-corrected chi connectivity index (χ1v) is 9.09. The Morgan fingerprint density at radius 1 is 1.24 bits per heavy atom. The number of amides is 1. The highest BCUT2D eigenvalue weighted by molar-refractivity contribution is 7.99. The molecule has 3 heterocycles. The van der Waals surface area contributed by atoms with E-state index in [-0.39, 0.29) is 18.0 Å². The quantitative estimate of drug-likeness (QED) is 0.757. The second-order valence-electron chi connectivity index (χ2n) is 6.00. The van der Waals surface area contributed by atoms with E-state index < -0.39 is 11.7 Å². The van der Waals surface area contributed by atoms with Gasteiger partial charge in [0.2, 0.25) is 5.91 Å². The van der Waals surface area contributed by atoms with Gasteiger partial charge in [-0.15, -0.1) is 0 Å². The Bertz CT molecular complexity index is 583. The van der Waals surface area contributed by atoms with Gasteiger partial charge in [0.05, 0.1) is 29.6 Å². The zero-order valence-corrected chi connectivity index (χ0v) is 14.3. The zero-order valence-electron chi connectivity index (χ0n) is 13.5. The van der Waals surface area contributed by atoms with Gasteiger partial charge in [-0.2, -0.15) is 13.2 Å². The van der Waals surface area contributed by atoms with Crippen LogP contribution in [0.1, 0.15) is 18.4 Å². The number of pyridine rings is 1. The molecule has 2 fully saturated rings. The maximum absolute atomic E-state index is 12.5. The summed E-state index contributed by atoms with van der Waals surface area (Å²) >= 11 is 1.15. The number of aromatic nitrogens is 1. The summed E-state index contributed by atoms with van der Waals surface area (Å²) in [4.78, 5) is 17.8. The van der Waals surface area contributed by atoms with E-state index in [2.05, 4.69) is 4.98 Å². The first-order chi connectivity index (χ1) is 11.9. The largest absolute Gasteiger partial charge is 0.417 e. The highest BCUT2D eigenvalue weighted by atomic mass is 32.2. The Morgan fingerprint density at radius 2 is 1.92 bits per heavy atom. The van der Waals surface area contributed by atoms with Crippen LogP contribution in [-0.2, 0) is 20.4 Å². The number of likely N-dealkylation sites (tertiary alicyclic amines) is 1. The van der Waals surface area contributed by atoms with Gasteiger partial charge in [-0.25, -0.2) is 4.98 Å². The molecular formula is C16H19F3N2O3S. The number of ether oxygens (including phenoxy) is 2. The summed E-state index contributed by atoms with van der Waals surface area (Å²) in [5.74, 6) is 0.452. The van der Waals surface area contributed by atoms with Gasteiger partial charge in [0.1, 0.15) is 0 Å². The summed E-state index contributed by atoms with van der Waals surface area (Å²) in [6.45, 7) is 2.54. The van der Waals surface area contributed by atoms with Crippen molar-refractivity contribution in [3.8, 4) is 0 Å². The number of halogens is 3. The van der Waals surface area contributed by atoms with Crippen molar-refractivity contribution in [3.63, 3.8) is 0 Å². The van der Waals surface area contributed by atoms with Gasteiger partial charge in [0, 0.05) is 25.2 Å². The van der Waals surface area contributed by atoms with Gasteiger partial charge >= 0.3 is 6.18 Å². The topological polar surface area (TPSA) is 51.7 Å². The van der Waals surface area contributed by atoms with Gasteiger partial charge in [-0.05, 0) is 25.0 Å². The summed E-state index contributed by atoms with van der Waals surface area (Å²) in [5.41, 5.74) is -0.790. The van der Waals surface area contributed by atoms with Crippen LogP contribution in [0.3, 0.4) is 0 Å². The molecule has 0 N–H and O–H groups in total. The van der Waals surface area contributed by atoms with Crippen LogP contribution in [0, 0.1) is 5.92 Å². The Morgan fingerprint density at radius 3 is 2.48 bits per heavy atom. The molecule has 0 spiro atoms. The van der Waals surface area contributed by atoms with Crippen LogP contribution in [-0.4, -0.2) is 54.1 Å². The average molecular weight is 376 g/mol. The van der Waals surface area contributed by atoms with E-state index in [0.29, 0.717) is 37.2 Å². The molecule has 0 aliphatic carbocycles. The molecule has 5 nitrogen and oxygen atoms in total. The van der Waals surface area contributed by atoms with Crippen molar-refractivity contribution < 1.29 is 27.4 Å². The Kier molecular flexibility index (Phi) is 5.85. The number of carbonyl (C=O) groups excluding carboxylic acids is 1. The molecule has 0 aromatic carbocycles. The maximum Gasteiger partial charge on any atom is 0.417 e. The molecule has 2 aliphatic heterocycles. The summed E-state index contributed by atoms with van der Waals surface area (Å²) in [7, 11) is 0. The second kappa shape index (κ2) is 7.92. The van der Waals surface area contributed by atoms with Crippen molar-refractivity contribution in [1.82, 2.24) is 9.88 Å². The van der Waals surface area contributed by atoms with E-state index in [1.165, 1.54) is 6.07 Å². The third-order valence-electron chi connectivity index (χ3n) is 4.33. The monoisotopic (exact) mass is 376 g/mol. The summed E-state index contributed by atoms with van der Waals surface area (Å²) in [6, 6.07) is 2.27. The minimum atomic E-state index is -4.40. The highest BCUT2D eigenvalue weighted by Crippen LogP contribution is 2.30. The number of carbonyl (C=O) groups is 1.